The molecule has 138 valence electrons. The van der Waals surface area contributed by atoms with Gasteiger partial charge >= 0.3 is 0 Å². The van der Waals surface area contributed by atoms with Gasteiger partial charge < -0.3 is 5.32 Å². The smallest absolute Gasteiger partial charge is 0.255 e. The molecule has 0 atom stereocenters. The molecule has 0 aliphatic carbocycles. The van der Waals surface area contributed by atoms with Crippen LogP contribution in [0.4, 0.5) is 5.69 Å². The number of hydrogen-bond acceptors (Lipinski definition) is 3. The number of rotatable bonds is 4. The van der Waals surface area contributed by atoms with Crippen molar-refractivity contribution in [1.82, 2.24) is 4.31 Å². The first-order valence-corrected chi connectivity index (χ1v) is 10.8. The maximum absolute atomic E-state index is 12.9. The van der Waals surface area contributed by atoms with Gasteiger partial charge in [-0.3, -0.25) is 4.79 Å². The number of carbonyl (C=O) groups is 1. The molecule has 1 N–H and O–H groups in total. The van der Waals surface area contributed by atoms with Gasteiger partial charge in [-0.15, -0.1) is 0 Å². The number of anilines is 1. The molecule has 2 aromatic carbocycles. The normalized spacial score (nSPS) is 15.6. The van der Waals surface area contributed by atoms with Crippen LogP contribution in [0.1, 0.15) is 35.2 Å². The summed E-state index contributed by atoms with van der Waals surface area (Å²) in [4.78, 5) is 12.8. The number of nitrogens with zero attached hydrogens (tertiary/aromatic N) is 1. The van der Waals surface area contributed by atoms with Crippen LogP contribution in [0.2, 0.25) is 0 Å². The molecule has 1 heterocycles. The van der Waals surface area contributed by atoms with Gasteiger partial charge in [-0.25, -0.2) is 8.42 Å². The minimum absolute atomic E-state index is 0.172. The van der Waals surface area contributed by atoms with Gasteiger partial charge in [-0.05, 0) is 61.7 Å². The van der Waals surface area contributed by atoms with Gasteiger partial charge in [0.25, 0.3) is 5.91 Å². The molecular formula is C19H21BrN2O3S. The number of halogens is 1. The zero-order chi connectivity index (χ0) is 18.7. The van der Waals surface area contributed by atoms with Crippen LogP contribution < -0.4 is 5.32 Å². The first kappa shape index (κ1) is 19.1. The van der Waals surface area contributed by atoms with E-state index in [0.29, 0.717) is 24.3 Å². The second kappa shape index (κ2) is 7.90. The highest BCUT2D eigenvalue weighted by Crippen LogP contribution is 2.23. The Balaban J connectivity index is 1.87. The lowest BCUT2D eigenvalue weighted by Gasteiger charge is -2.26. The van der Waals surface area contributed by atoms with Crippen molar-refractivity contribution in [3.63, 3.8) is 0 Å². The highest BCUT2D eigenvalue weighted by Gasteiger charge is 2.27. The summed E-state index contributed by atoms with van der Waals surface area (Å²) in [5, 5.41) is 2.82. The first-order chi connectivity index (χ1) is 12.4. The number of sulfonamides is 1. The van der Waals surface area contributed by atoms with Gasteiger partial charge in [0.2, 0.25) is 10.0 Å². The van der Waals surface area contributed by atoms with E-state index in [4.69, 9.17) is 0 Å². The zero-order valence-electron chi connectivity index (χ0n) is 14.5. The quantitative estimate of drug-likeness (QED) is 0.781. The van der Waals surface area contributed by atoms with Crippen LogP contribution in [0.15, 0.2) is 51.8 Å². The number of aryl methyl sites for hydroxylation is 1. The Labute approximate surface area is 162 Å². The third-order valence-electron chi connectivity index (χ3n) is 4.51. The van der Waals surface area contributed by atoms with E-state index in [1.54, 1.807) is 31.2 Å². The predicted molar refractivity (Wildman–Crippen MR) is 106 cm³/mol. The Morgan fingerprint density at radius 1 is 1.04 bits per heavy atom. The fourth-order valence-electron chi connectivity index (χ4n) is 2.99. The topological polar surface area (TPSA) is 66.5 Å². The van der Waals surface area contributed by atoms with Crippen LogP contribution in [0, 0.1) is 6.92 Å². The summed E-state index contributed by atoms with van der Waals surface area (Å²) >= 11 is 3.35. The van der Waals surface area contributed by atoms with Gasteiger partial charge in [0.05, 0.1) is 4.90 Å². The van der Waals surface area contributed by atoms with E-state index in [0.717, 1.165) is 29.3 Å². The Hall–Kier alpha value is -1.70. The standard InChI is InChI=1S/C19H21BrN2O3S/c1-14-5-10-17(26(24,25)22-11-3-2-4-12-22)13-18(14)19(23)21-16-8-6-15(20)7-9-16/h5-10,13H,2-4,11-12H2,1H3,(H,21,23). The number of hydrogen-bond donors (Lipinski definition) is 1. The van der Waals surface area contributed by atoms with Crippen molar-refractivity contribution in [1.29, 1.82) is 0 Å². The first-order valence-electron chi connectivity index (χ1n) is 8.55. The summed E-state index contributed by atoms with van der Waals surface area (Å²) in [6.07, 6.45) is 2.81. The molecule has 0 bridgehead atoms. The molecule has 5 nitrogen and oxygen atoms in total. The number of carbonyl (C=O) groups excluding carboxylic acids is 1. The predicted octanol–water partition coefficient (Wildman–Crippen LogP) is 4.18. The lowest BCUT2D eigenvalue weighted by Crippen LogP contribution is -2.35. The second-order valence-corrected chi connectivity index (χ2v) is 9.26. The van der Waals surface area contributed by atoms with Gasteiger partial charge in [-0.1, -0.05) is 28.4 Å². The van der Waals surface area contributed by atoms with Gasteiger partial charge in [0.1, 0.15) is 0 Å². The van der Waals surface area contributed by atoms with Crippen molar-refractivity contribution in [3.8, 4) is 0 Å². The summed E-state index contributed by atoms with van der Waals surface area (Å²) in [6.45, 7) is 2.88. The highest BCUT2D eigenvalue weighted by atomic mass is 79.9. The third-order valence-corrected chi connectivity index (χ3v) is 6.93. The summed E-state index contributed by atoms with van der Waals surface area (Å²) in [6, 6.07) is 12.0. The number of piperidine rings is 1. The summed E-state index contributed by atoms with van der Waals surface area (Å²) in [7, 11) is -3.57. The van der Waals surface area contributed by atoms with E-state index >= 15 is 0 Å². The molecule has 7 heteroatoms. The van der Waals surface area contributed by atoms with Crippen molar-refractivity contribution in [3.05, 3.63) is 58.1 Å². The molecule has 0 radical (unpaired) electrons. The zero-order valence-corrected chi connectivity index (χ0v) is 16.9. The van der Waals surface area contributed by atoms with Crippen LogP contribution in [-0.2, 0) is 10.0 Å². The van der Waals surface area contributed by atoms with Crippen molar-refractivity contribution >= 4 is 37.5 Å². The number of nitrogens with one attached hydrogen (secondary N) is 1. The van der Waals surface area contributed by atoms with Gasteiger partial charge in [0, 0.05) is 28.8 Å². The third kappa shape index (κ3) is 4.16. The fraction of sp³-hybridized carbons (Fsp3) is 0.316. The SMILES string of the molecule is Cc1ccc(S(=O)(=O)N2CCCCC2)cc1C(=O)Nc1ccc(Br)cc1. The lowest BCUT2D eigenvalue weighted by atomic mass is 10.1. The van der Waals surface area contributed by atoms with E-state index in [2.05, 4.69) is 21.2 Å². The monoisotopic (exact) mass is 436 g/mol. The summed E-state index contributed by atoms with van der Waals surface area (Å²) in [5.74, 6) is -0.319. The molecule has 0 spiro atoms. The van der Waals surface area contributed by atoms with Crippen LogP contribution in [0.5, 0.6) is 0 Å². The molecule has 1 aliphatic heterocycles. The van der Waals surface area contributed by atoms with E-state index in [1.807, 2.05) is 12.1 Å². The van der Waals surface area contributed by atoms with Crippen molar-refractivity contribution in [2.45, 2.75) is 31.1 Å². The summed E-state index contributed by atoms with van der Waals surface area (Å²) in [5.41, 5.74) is 1.75. The molecule has 1 aliphatic rings. The minimum atomic E-state index is -3.57. The molecule has 1 amide bonds. The maximum atomic E-state index is 12.9. The van der Waals surface area contributed by atoms with E-state index in [9.17, 15) is 13.2 Å². The van der Waals surface area contributed by atoms with E-state index < -0.39 is 10.0 Å². The highest BCUT2D eigenvalue weighted by molar-refractivity contribution is 9.10. The minimum Gasteiger partial charge on any atom is -0.322 e. The molecule has 2 aromatic rings. The second-order valence-electron chi connectivity index (χ2n) is 6.40. The lowest BCUT2D eigenvalue weighted by molar-refractivity contribution is 0.102. The largest absolute Gasteiger partial charge is 0.322 e. The van der Waals surface area contributed by atoms with Crippen LogP contribution in [0.25, 0.3) is 0 Å². The van der Waals surface area contributed by atoms with Gasteiger partial charge in [0.15, 0.2) is 0 Å². The van der Waals surface area contributed by atoms with Crippen LogP contribution in [-0.4, -0.2) is 31.7 Å². The van der Waals surface area contributed by atoms with Crippen LogP contribution in [0.3, 0.4) is 0 Å². The Morgan fingerprint density at radius 2 is 1.69 bits per heavy atom. The van der Waals surface area contributed by atoms with Crippen LogP contribution >= 0.6 is 15.9 Å². The molecular weight excluding hydrogens is 416 g/mol. The Morgan fingerprint density at radius 3 is 2.35 bits per heavy atom. The molecule has 26 heavy (non-hydrogen) atoms. The number of amides is 1. The maximum Gasteiger partial charge on any atom is 0.255 e. The van der Waals surface area contributed by atoms with Gasteiger partial charge in [-0.2, -0.15) is 4.31 Å². The molecule has 0 unspecified atom stereocenters. The molecule has 1 saturated heterocycles. The number of benzene rings is 2. The molecule has 3 rings (SSSR count). The Kier molecular flexibility index (Phi) is 5.79. The van der Waals surface area contributed by atoms with Crippen molar-refractivity contribution in [2.75, 3.05) is 18.4 Å². The van der Waals surface area contributed by atoms with Crippen molar-refractivity contribution in [2.24, 2.45) is 0 Å². The van der Waals surface area contributed by atoms with E-state index in [1.165, 1.54) is 10.4 Å². The average molecular weight is 437 g/mol. The fourth-order valence-corrected chi connectivity index (χ4v) is 4.80. The molecule has 0 saturated carbocycles. The molecule has 0 aromatic heterocycles. The average Bonchev–Trinajstić information content (AvgIpc) is 2.64. The molecule has 1 fully saturated rings. The Bertz CT molecular complexity index is 905. The van der Waals surface area contributed by atoms with Crippen molar-refractivity contribution < 1.29 is 13.2 Å². The summed E-state index contributed by atoms with van der Waals surface area (Å²) < 4.78 is 28.1. The van der Waals surface area contributed by atoms with E-state index in [-0.39, 0.29) is 10.8 Å².